The van der Waals surface area contributed by atoms with Gasteiger partial charge in [0.2, 0.25) is 5.91 Å². The van der Waals surface area contributed by atoms with Gasteiger partial charge in [0.15, 0.2) is 0 Å². The zero-order chi connectivity index (χ0) is 13.8. The lowest BCUT2D eigenvalue weighted by Crippen LogP contribution is -2.42. The van der Waals surface area contributed by atoms with Crippen molar-refractivity contribution in [2.75, 3.05) is 26.2 Å². The first kappa shape index (κ1) is 14.3. The zero-order valence-electron chi connectivity index (χ0n) is 12.5. The van der Waals surface area contributed by atoms with Crippen LogP contribution in [0.1, 0.15) is 51.4 Å². The maximum atomic E-state index is 12.4. The largest absolute Gasteiger partial charge is 0.368 e. The minimum Gasteiger partial charge on any atom is -0.368 e. The fraction of sp³-hybridized carbons (Fsp3) is 0.938. The van der Waals surface area contributed by atoms with Gasteiger partial charge in [-0.1, -0.05) is 12.8 Å². The van der Waals surface area contributed by atoms with Crippen molar-refractivity contribution in [2.45, 2.75) is 63.5 Å². The smallest absolute Gasteiger partial charge is 0.248 e. The summed E-state index contributed by atoms with van der Waals surface area (Å²) >= 11 is 0. The number of carbonyl (C=O) groups excluding carboxylic acids is 1. The Morgan fingerprint density at radius 1 is 1.05 bits per heavy atom. The highest BCUT2D eigenvalue weighted by atomic mass is 16.5. The van der Waals surface area contributed by atoms with E-state index in [1.54, 1.807) is 0 Å². The van der Waals surface area contributed by atoms with Crippen molar-refractivity contribution in [2.24, 2.45) is 5.92 Å². The van der Waals surface area contributed by atoms with Crippen LogP contribution in [0.5, 0.6) is 0 Å². The Labute approximate surface area is 122 Å². The summed E-state index contributed by atoms with van der Waals surface area (Å²) in [6, 6.07) is 0.515. The van der Waals surface area contributed by atoms with Gasteiger partial charge in [0.25, 0.3) is 0 Å². The van der Waals surface area contributed by atoms with Crippen LogP contribution >= 0.6 is 0 Å². The molecule has 1 aliphatic carbocycles. The fourth-order valence-corrected chi connectivity index (χ4v) is 4.17. The van der Waals surface area contributed by atoms with Gasteiger partial charge >= 0.3 is 0 Å². The van der Waals surface area contributed by atoms with E-state index in [-0.39, 0.29) is 12.0 Å². The monoisotopic (exact) mass is 280 g/mol. The number of amides is 1. The van der Waals surface area contributed by atoms with E-state index in [0.717, 1.165) is 38.4 Å². The van der Waals surface area contributed by atoms with E-state index in [2.05, 4.69) is 10.2 Å². The molecule has 0 spiro atoms. The van der Waals surface area contributed by atoms with Gasteiger partial charge in [0.1, 0.15) is 6.61 Å². The second kappa shape index (κ2) is 6.90. The minimum absolute atomic E-state index is 0.234. The second-order valence-corrected chi connectivity index (χ2v) is 6.60. The first-order chi connectivity index (χ1) is 9.84. The molecular formula is C16H28N2O2. The molecule has 1 amide bonds. The molecule has 0 aromatic heterocycles. The van der Waals surface area contributed by atoms with Gasteiger partial charge in [-0.05, 0) is 57.5 Å². The van der Waals surface area contributed by atoms with Crippen molar-refractivity contribution in [3.8, 4) is 0 Å². The lowest BCUT2D eigenvalue weighted by Gasteiger charge is -2.30. The Bertz CT molecular complexity index is 322. The molecule has 3 fully saturated rings. The Hall–Kier alpha value is -0.610. The van der Waals surface area contributed by atoms with Gasteiger partial charge in [-0.2, -0.15) is 0 Å². The molecule has 0 aromatic rings. The molecule has 0 aromatic carbocycles. The summed E-state index contributed by atoms with van der Waals surface area (Å²) in [6.07, 6.45) is 10.1. The summed E-state index contributed by atoms with van der Waals surface area (Å²) < 4.78 is 5.84. The maximum absolute atomic E-state index is 12.4. The first-order valence-electron chi connectivity index (χ1n) is 8.46. The number of nitrogens with one attached hydrogen (secondary N) is 1. The van der Waals surface area contributed by atoms with Crippen molar-refractivity contribution in [3.63, 3.8) is 0 Å². The SMILES string of the molecule is O=C(COC1CCNCC1)N1CCCC1C1CCCC1. The van der Waals surface area contributed by atoms with Crippen molar-refractivity contribution in [3.05, 3.63) is 0 Å². The number of likely N-dealkylation sites (tertiary alicyclic amines) is 1. The number of nitrogens with zero attached hydrogens (tertiary/aromatic N) is 1. The number of ether oxygens (including phenoxy) is 1. The average molecular weight is 280 g/mol. The third-order valence-electron chi connectivity index (χ3n) is 5.29. The quantitative estimate of drug-likeness (QED) is 0.855. The normalized spacial score (nSPS) is 29.2. The van der Waals surface area contributed by atoms with E-state index in [9.17, 15) is 4.79 Å². The molecule has 1 atom stereocenters. The second-order valence-electron chi connectivity index (χ2n) is 6.60. The summed E-state index contributed by atoms with van der Waals surface area (Å²) in [5, 5.41) is 3.33. The molecule has 0 radical (unpaired) electrons. The molecule has 1 N–H and O–H groups in total. The molecule has 1 unspecified atom stereocenters. The van der Waals surface area contributed by atoms with Crippen molar-refractivity contribution >= 4 is 5.91 Å². The number of hydrogen-bond acceptors (Lipinski definition) is 3. The van der Waals surface area contributed by atoms with E-state index in [0.29, 0.717) is 12.6 Å². The highest BCUT2D eigenvalue weighted by Gasteiger charge is 2.35. The standard InChI is InChI=1S/C16H28N2O2/c19-16(12-20-14-7-9-17-10-8-14)18-11-3-6-15(18)13-4-1-2-5-13/h13-15,17H,1-12H2. The van der Waals surface area contributed by atoms with E-state index < -0.39 is 0 Å². The summed E-state index contributed by atoms with van der Waals surface area (Å²) in [6.45, 7) is 3.30. The molecule has 2 saturated heterocycles. The van der Waals surface area contributed by atoms with Crippen molar-refractivity contribution in [1.29, 1.82) is 0 Å². The highest BCUT2D eigenvalue weighted by Crippen LogP contribution is 2.35. The van der Waals surface area contributed by atoms with Crippen molar-refractivity contribution in [1.82, 2.24) is 10.2 Å². The number of hydrogen-bond donors (Lipinski definition) is 1. The maximum Gasteiger partial charge on any atom is 0.248 e. The van der Waals surface area contributed by atoms with E-state index in [1.165, 1.54) is 38.5 Å². The van der Waals surface area contributed by atoms with Gasteiger partial charge in [0.05, 0.1) is 6.10 Å². The molecule has 3 rings (SSSR count). The summed E-state index contributed by atoms with van der Waals surface area (Å²) in [7, 11) is 0. The van der Waals surface area contributed by atoms with Gasteiger partial charge in [0, 0.05) is 12.6 Å². The summed E-state index contributed by atoms with van der Waals surface area (Å²) in [5.74, 6) is 0.998. The van der Waals surface area contributed by atoms with E-state index >= 15 is 0 Å². The lowest BCUT2D eigenvalue weighted by molar-refractivity contribution is -0.140. The number of rotatable bonds is 4. The molecule has 2 heterocycles. The third-order valence-corrected chi connectivity index (χ3v) is 5.29. The van der Waals surface area contributed by atoms with Crippen LogP contribution in [0, 0.1) is 5.92 Å². The molecule has 4 heteroatoms. The third kappa shape index (κ3) is 3.34. The predicted octanol–water partition coefficient (Wildman–Crippen LogP) is 1.94. The average Bonchev–Trinajstić information content (AvgIpc) is 3.15. The molecule has 2 aliphatic heterocycles. The van der Waals surface area contributed by atoms with Crippen LogP contribution in [-0.2, 0) is 9.53 Å². The van der Waals surface area contributed by atoms with Gasteiger partial charge in [-0.3, -0.25) is 4.79 Å². The fourth-order valence-electron chi connectivity index (χ4n) is 4.17. The van der Waals surface area contributed by atoms with Crippen LogP contribution in [0.25, 0.3) is 0 Å². The van der Waals surface area contributed by atoms with Crippen LogP contribution in [0.15, 0.2) is 0 Å². The zero-order valence-corrected chi connectivity index (χ0v) is 12.5. The minimum atomic E-state index is 0.234. The van der Waals surface area contributed by atoms with E-state index in [4.69, 9.17) is 4.74 Å². The van der Waals surface area contributed by atoms with Crippen LogP contribution in [-0.4, -0.2) is 49.2 Å². The number of piperidine rings is 1. The van der Waals surface area contributed by atoms with Crippen LogP contribution in [0.3, 0.4) is 0 Å². The van der Waals surface area contributed by atoms with Gasteiger partial charge < -0.3 is 15.0 Å². The molecule has 0 bridgehead atoms. The lowest BCUT2D eigenvalue weighted by atomic mass is 9.96. The summed E-state index contributed by atoms with van der Waals surface area (Å²) in [5.41, 5.74) is 0. The molecule has 4 nitrogen and oxygen atoms in total. The molecule has 3 aliphatic rings. The van der Waals surface area contributed by atoms with Gasteiger partial charge in [-0.25, -0.2) is 0 Å². The molecule has 114 valence electrons. The first-order valence-corrected chi connectivity index (χ1v) is 8.46. The Balaban J connectivity index is 1.47. The Morgan fingerprint density at radius 3 is 2.55 bits per heavy atom. The Kier molecular flexibility index (Phi) is 4.94. The molecular weight excluding hydrogens is 252 g/mol. The van der Waals surface area contributed by atoms with Crippen molar-refractivity contribution < 1.29 is 9.53 Å². The molecule has 1 saturated carbocycles. The number of carbonyl (C=O) groups is 1. The summed E-state index contributed by atoms with van der Waals surface area (Å²) in [4.78, 5) is 14.6. The Morgan fingerprint density at radius 2 is 1.80 bits per heavy atom. The highest BCUT2D eigenvalue weighted by molar-refractivity contribution is 5.78. The van der Waals surface area contributed by atoms with Gasteiger partial charge in [-0.15, -0.1) is 0 Å². The van der Waals surface area contributed by atoms with Crippen LogP contribution < -0.4 is 5.32 Å². The van der Waals surface area contributed by atoms with Crippen LogP contribution in [0.2, 0.25) is 0 Å². The molecule has 20 heavy (non-hydrogen) atoms. The van der Waals surface area contributed by atoms with E-state index in [1.807, 2.05) is 0 Å². The topological polar surface area (TPSA) is 41.6 Å². The predicted molar refractivity (Wildman–Crippen MR) is 78.5 cm³/mol. The van der Waals surface area contributed by atoms with Crippen LogP contribution in [0.4, 0.5) is 0 Å².